The van der Waals surface area contributed by atoms with E-state index in [1.54, 1.807) is 0 Å². The van der Waals surface area contributed by atoms with Gasteiger partial charge in [-0.05, 0) is 23.7 Å². The minimum atomic E-state index is 0.0786. The molecule has 0 aromatic carbocycles. The molecule has 3 fully saturated rings. The van der Waals surface area contributed by atoms with Crippen LogP contribution in [0.5, 0.6) is 0 Å². The van der Waals surface area contributed by atoms with Crippen LogP contribution >= 0.6 is 0 Å². The number of fused-ring (bicyclic) bond motifs is 1. The highest BCUT2D eigenvalue weighted by atomic mass is 16.6. The monoisotopic (exact) mass is 180 g/mol. The first-order valence-electron chi connectivity index (χ1n) is 5.24. The molecule has 1 heterocycles. The average molecular weight is 180 g/mol. The van der Waals surface area contributed by atoms with Crippen LogP contribution < -0.4 is 0 Å². The highest BCUT2D eigenvalue weighted by molar-refractivity contribution is 5.77. The Morgan fingerprint density at radius 3 is 2.69 bits per heavy atom. The molecule has 0 aromatic heterocycles. The van der Waals surface area contributed by atoms with Gasteiger partial charge < -0.3 is 4.74 Å². The van der Waals surface area contributed by atoms with Crippen molar-refractivity contribution in [3.63, 3.8) is 0 Å². The molecule has 3 rings (SSSR count). The highest BCUT2D eigenvalue weighted by Crippen LogP contribution is 2.66. The Balaban J connectivity index is 2.10. The standard InChI is InChI=1S/C11H16O2/c1-5-7-4-6-8(11(7,2)3)9(5)13-10(6)12/h5-9H,4H2,1-3H3/t5?,6?,7-,8?,9?/m0/s1. The molecule has 2 saturated carbocycles. The Morgan fingerprint density at radius 2 is 2.15 bits per heavy atom. The van der Waals surface area contributed by atoms with Crippen molar-refractivity contribution in [3.8, 4) is 0 Å². The zero-order valence-electron chi connectivity index (χ0n) is 8.41. The van der Waals surface area contributed by atoms with Gasteiger partial charge in [0.1, 0.15) is 6.10 Å². The number of carbonyl (C=O) groups excluding carboxylic acids is 1. The van der Waals surface area contributed by atoms with Crippen LogP contribution in [0.3, 0.4) is 0 Å². The molecule has 2 heteroatoms. The van der Waals surface area contributed by atoms with E-state index in [0.717, 1.165) is 6.42 Å². The lowest BCUT2D eigenvalue weighted by atomic mass is 9.80. The van der Waals surface area contributed by atoms with Crippen LogP contribution in [0, 0.1) is 29.1 Å². The largest absolute Gasteiger partial charge is 0.462 e. The molecule has 1 aliphatic heterocycles. The summed E-state index contributed by atoms with van der Waals surface area (Å²) in [7, 11) is 0. The first-order chi connectivity index (χ1) is 6.03. The number of ether oxygens (including phenoxy) is 1. The maximum atomic E-state index is 11.5. The summed E-state index contributed by atoms with van der Waals surface area (Å²) in [4.78, 5) is 11.5. The van der Waals surface area contributed by atoms with Crippen LogP contribution in [0.15, 0.2) is 0 Å². The van der Waals surface area contributed by atoms with E-state index in [1.165, 1.54) is 0 Å². The van der Waals surface area contributed by atoms with Gasteiger partial charge in [-0.3, -0.25) is 4.79 Å². The second kappa shape index (κ2) is 1.94. The van der Waals surface area contributed by atoms with E-state index < -0.39 is 0 Å². The SMILES string of the molecule is CC1C2OC(=O)C3C[C@@H]1C(C)(C)C32. The molecular weight excluding hydrogens is 164 g/mol. The smallest absolute Gasteiger partial charge is 0.309 e. The lowest BCUT2D eigenvalue weighted by molar-refractivity contribution is -0.144. The van der Waals surface area contributed by atoms with E-state index in [9.17, 15) is 4.79 Å². The van der Waals surface area contributed by atoms with Crippen LogP contribution in [0.2, 0.25) is 0 Å². The zero-order chi connectivity index (χ0) is 9.38. The molecule has 1 saturated heterocycles. The van der Waals surface area contributed by atoms with Gasteiger partial charge in [0.05, 0.1) is 5.92 Å². The summed E-state index contributed by atoms with van der Waals surface area (Å²) in [5, 5.41) is 0. The second-order valence-electron chi connectivity index (χ2n) is 5.56. The molecule has 0 aromatic rings. The molecule has 13 heavy (non-hydrogen) atoms. The van der Waals surface area contributed by atoms with Crippen LogP contribution in [0.25, 0.3) is 0 Å². The van der Waals surface area contributed by atoms with Crippen molar-refractivity contribution in [2.45, 2.75) is 33.3 Å². The molecular formula is C11H16O2. The predicted octanol–water partition coefficient (Wildman–Crippen LogP) is 1.84. The van der Waals surface area contributed by atoms with Crippen molar-refractivity contribution in [1.29, 1.82) is 0 Å². The molecule has 72 valence electrons. The molecule has 3 aliphatic rings. The van der Waals surface area contributed by atoms with Gasteiger partial charge in [0.25, 0.3) is 0 Å². The summed E-state index contributed by atoms with van der Waals surface area (Å²) in [6.07, 6.45) is 1.32. The average Bonchev–Trinajstić information content (AvgIpc) is 2.51. The van der Waals surface area contributed by atoms with Crippen molar-refractivity contribution in [1.82, 2.24) is 0 Å². The highest BCUT2D eigenvalue weighted by Gasteiger charge is 2.68. The van der Waals surface area contributed by atoms with Crippen molar-refractivity contribution >= 4 is 5.97 Å². The zero-order valence-corrected chi connectivity index (χ0v) is 8.41. The Labute approximate surface area is 78.6 Å². The van der Waals surface area contributed by atoms with Gasteiger partial charge in [-0.15, -0.1) is 0 Å². The molecule has 2 bridgehead atoms. The topological polar surface area (TPSA) is 26.3 Å². The van der Waals surface area contributed by atoms with E-state index in [4.69, 9.17) is 4.74 Å². The van der Waals surface area contributed by atoms with Crippen molar-refractivity contribution in [2.24, 2.45) is 29.1 Å². The summed E-state index contributed by atoms with van der Waals surface area (Å²) >= 11 is 0. The van der Waals surface area contributed by atoms with E-state index in [-0.39, 0.29) is 18.0 Å². The van der Waals surface area contributed by atoms with Crippen molar-refractivity contribution in [3.05, 3.63) is 0 Å². The first-order valence-corrected chi connectivity index (χ1v) is 5.24. The predicted molar refractivity (Wildman–Crippen MR) is 47.9 cm³/mol. The number of hydrogen-bond acceptors (Lipinski definition) is 2. The lowest BCUT2D eigenvalue weighted by Gasteiger charge is -2.23. The molecule has 2 nitrogen and oxygen atoms in total. The fourth-order valence-electron chi connectivity index (χ4n) is 4.24. The molecule has 0 amide bonds. The quantitative estimate of drug-likeness (QED) is 0.532. The van der Waals surface area contributed by atoms with Gasteiger partial charge in [-0.25, -0.2) is 0 Å². The number of carbonyl (C=O) groups is 1. The molecule has 5 atom stereocenters. The molecule has 0 N–H and O–H groups in total. The van der Waals surface area contributed by atoms with Crippen molar-refractivity contribution < 1.29 is 9.53 Å². The van der Waals surface area contributed by atoms with E-state index in [2.05, 4.69) is 20.8 Å². The van der Waals surface area contributed by atoms with Crippen LogP contribution in [0.4, 0.5) is 0 Å². The molecule has 4 unspecified atom stereocenters. The number of hydrogen-bond donors (Lipinski definition) is 0. The number of esters is 1. The minimum absolute atomic E-state index is 0.0786. The van der Waals surface area contributed by atoms with E-state index in [1.807, 2.05) is 0 Å². The van der Waals surface area contributed by atoms with E-state index in [0.29, 0.717) is 23.2 Å². The van der Waals surface area contributed by atoms with Gasteiger partial charge in [-0.2, -0.15) is 0 Å². The van der Waals surface area contributed by atoms with Crippen molar-refractivity contribution in [2.75, 3.05) is 0 Å². The fraction of sp³-hybridized carbons (Fsp3) is 0.909. The molecule has 0 radical (unpaired) electrons. The van der Waals surface area contributed by atoms with Gasteiger partial charge in [0.15, 0.2) is 0 Å². The van der Waals surface area contributed by atoms with E-state index >= 15 is 0 Å². The summed E-state index contributed by atoms with van der Waals surface area (Å²) in [6, 6.07) is 0. The third-order valence-electron chi connectivity index (χ3n) is 4.82. The third-order valence-corrected chi connectivity index (χ3v) is 4.82. The fourth-order valence-corrected chi connectivity index (χ4v) is 4.24. The Morgan fingerprint density at radius 1 is 1.46 bits per heavy atom. The maximum Gasteiger partial charge on any atom is 0.309 e. The van der Waals surface area contributed by atoms with Gasteiger partial charge in [0.2, 0.25) is 0 Å². The van der Waals surface area contributed by atoms with Gasteiger partial charge >= 0.3 is 5.97 Å². The minimum Gasteiger partial charge on any atom is -0.462 e. The van der Waals surface area contributed by atoms with Gasteiger partial charge in [-0.1, -0.05) is 20.8 Å². The maximum absolute atomic E-state index is 11.5. The summed E-state index contributed by atoms with van der Waals surface area (Å²) < 4.78 is 5.45. The summed E-state index contributed by atoms with van der Waals surface area (Å²) in [5.41, 5.74) is 0.334. The first kappa shape index (κ1) is 7.84. The second-order valence-corrected chi connectivity index (χ2v) is 5.56. The Hall–Kier alpha value is -0.530. The van der Waals surface area contributed by atoms with Gasteiger partial charge in [0, 0.05) is 5.92 Å². The molecule has 0 spiro atoms. The normalized spacial score (nSPS) is 55.6. The van der Waals surface area contributed by atoms with Crippen LogP contribution in [-0.2, 0) is 9.53 Å². The lowest BCUT2D eigenvalue weighted by Crippen LogP contribution is -2.25. The third kappa shape index (κ3) is 0.660. The van der Waals surface area contributed by atoms with Crippen LogP contribution in [-0.4, -0.2) is 12.1 Å². The molecule has 2 aliphatic carbocycles. The Kier molecular flexibility index (Phi) is 1.17. The van der Waals surface area contributed by atoms with Crippen LogP contribution in [0.1, 0.15) is 27.2 Å². The summed E-state index contributed by atoms with van der Waals surface area (Å²) in [5.74, 6) is 2.12. The summed E-state index contributed by atoms with van der Waals surface area (Å²) in [6.45, 7) is 6.85. The Bertz CT molecular complexity index is 282. The number of rotatable bonds is 0.